The fraction of sp³-hybridized carbons (Fsp3) is 0.522. The van der Waals surface area contributed by atoms with E-state index in [2.05, 4.69) is 20.2 Å². The third-order valence-corrected chi connectivity index (χ3v) is 6.16. The van der Waals surface area contributed by atoms with Gasteiger partial charge in [0.05, 0.1) is 19.9 Å². The Morgan fingerprint density at radius 3 is 2.42 bits per heavy atom. The summed E-state index contributed by atoms with van der Waals surface area (Å²) in [7, 11) is 3.24. The molecule has 1 aliphatic carbocycles. The number of nitrogens with one attached hydrogen (secondary N) is 1. The predicted molar refractivity (Wildman–Crippen MR) is 120 cm³/mol. The Labute approximate surface area is 183 Å². The lowest BCUT2D eigenvalue weighted by Gasteiger charge is -2.36. The van der Waals surface area contributed by atoms with Gasteiger partial charge in [-0.05, 0) is 31.0 Å². The number of nitrogens with zero attached hydrogens (tertiary/aromatic N) is 4. The first-order valence-electron chi connectivity index (χ1n) is 11.0. The summed E-state index contributed by atoms with van der Waals surface area (Å²) >= 11 is 0. The van der Waals surface area contributed by atoms with E-state index in [0.29, 0.717) is 30.6 Å². The Morgan fingerprint density at radius 1 is 0.968 bits per heavy atom. The van der Waals surface area contributed by atoms with E-state index in [0.717, 1.165) is 43.0 Å². The van der Waals surface area contributed by atoms with Crippen LogP contribution in [0.2, 0.25) is 0 Å². The van der Waals surface area contributed by atoms with Gasteiger partial charge in [0.25, 0.3) is 0 Å². The number of ether oxygens (including phenoxy) is 2. The Bertz CT molecular complexity index is 893. The predicted octanol–water partition coefficient (Wildman–Crippen LogP) is 3.33. The molecule has 0 bridgehead atoms. The summed E-state index contributed by atoms with van der Waals surface area (Å²) in [5, 5.41) is 3.21. The van der Waals surface area contributed by atoms with Crippen LogP contribution < -0.4 is 19.7 Å². The first-order valence-corrected chi connectivity index (χ1v) is 11.0. The van der Waals surface area contributed by atoms with Gasteiger partial charge in [-0.15, -0.1) is 0 Å². The van der Waals surface area contributed by atoms with E-state index < -0.39 is 0 Å². The molecule has 31 heavy (non-hydrogen) atoms. The van der Waals surface area contributed by atoms with Crippen molar-refractivity contribution in [1.82, 2.24) is 20.2 Å². The number of urea groups is 1. The van der Waals surface area contributed by atoms with Crippen LogP contribution in [0.4, 0.5) is 10.6 Å². The molecule has 0 atom stereocenters. The van der Waals surface area contributed by atoms with Crippen molar-refractivity contribution in [3.8, 4) is 22.8 Å². The lowest BCUT2D eigenvalue weighted by molar-refractivity contribution is 0.186. The van der Waals surface area contributed by atoms with Crippen LogP contribution in [0.15, 0.2) is 30.6 Å². The van der Waals surface area contributed by atoms with E-state index in [4.69, 9.17) is 9.47 Å². The molecule has 2 amide bonds. The SMILES string of the molecule is COc1ccc(-c2cc(N3CCN(C(=O)NC4CCCCC4)CC3)ncn2)cc1OC. The van der Waals surface area contributed by atoms with E-state index in [1.807, 2.05) is 29.2 Å². The van der Waals surface area contributed by atoms with E-state index in [9.17, 15) is 4.79 Å². The monoisotopic (exact) mass is 425 g/mol. The Kier molecular flexibility index (Phi) is 6.74. The molecule has 0 spiro atoms. The molecule has 0 radical (unpaired) electrons. The topological polar surface area (TPSA) is 79.8 Å². The summed E-state index contributed by atoms with van der Waals surface area (Å²) in [6, 6.07) is 8.14. The Balaban J connectivity index is 1.38. The van der Waals surface area contributed by atoms with Crippen molar-refractivity contribution in [2.45, 2.75) is 38.1 Å². The number of anilines is 1. The highest BCUT2D eigenvalue weighted by atomic mass is 16.5. The molecule has 2 heterocycles. The number of rotatable bonds is 5. The molecule has 2 aliphatic rings. The minimum absolute atomic E-state index is 0.0697. The van der Waals surface area contributed by atoms with Gasteiger partial charge in [0.15, 0.2) is 11.5 Å². The van der Waals surface area contributed by atoms with Crippen LogP contribution in [-0.2, 0) is 0 Å². The van der Waals surface area contributed by atoms with Gasteiger partial charge in [0.2, 0.25) is 0 Å². The fourth-order valence-corrected chi connectivity index (χ4v) is 4.32. The number of benzene rings is 1. The molecule has 1 saturated heterocycles. The van der Waals surface area contributed by atoms with Gasteiger partial charge in [-0.3, -0.25) is 0 Å². The molecule has 1 aliphatic heterocycles. The Morgan fingerprint density at radius 2 is 1.71 bits per heavy atom. The quantitative estimate of drug-likeness (QED) is 0.792. The molecule has 1 aromatic carbocycles. The van der Waals surface area contributed by atoms with Crippen LogP contribution in [0, 0.1) is 0 Å². The van der Waals surface area contributed by atoms with Gasteiger partial charge in [0.1, 0.15) is 12.1 Å². The highest BCUT2D eigenvalue weighted by molar-refractivity contribution is 5.75. The first kappa shape index (κ1) is 21.2. The number of hydrogen-bond acceptors (Lipinski definition) is 6. The molecule has 2 fully saturated rings. The van der Waals surface area contributed by atoms with E-state index in [1.165, 1.54) is 19.3 Å². The number of amides is 2. The van der Waals surface area contributed by atoms with Crippen molar-refractivity contribution < 1.29 is 14.3 Å². The maximum Gasteiger partial charge on any atom is 0.317 e. The second-order valence-corrected chi connectivity index (χ2v) is 8.09. The zero-order valence-corrected chi connectivity index (χ0v) is 18.3. The first-order chi connectivity index (χ1) is 15.2. The van der Waals surface area contributed by atoms with Crippen LogP contribution in [0.3, 0.4) is 0 Å². The molecule has 8 nitrogen and oxygen atoms in total. The smallest absolute Gasteiger partial charge is 0.317 e. The van der Waals surface area contributed by atoms with E-state index in [-0.39, 0.29) is 6.03 Å². The molecule has 8 heteroatoms. The zero-order valence-electron chi connectivity index (χ0n) is 18.3. The summed E-state index contributed by atoms with van der Waals surface area (Å²) < 4.78 is 10.7. The van der Waals surface area contributed by atoms with Gasteiger partial charge in [0, 0.05) is 43.9 Å². The molecular weight excluding hydrogens is 394 g/mol. The normalized spacial score (nSPS) is 17.4. The van der Waals surface area contributed by atoms with E-state index in [1.54, 1.807) is 20.5 Å². The molecule has 1 N–H and O–H groups in total. The lowest BCUT2D eigenvalue weighted by Crippen LogP contribution is -2.53. The molecule has 1 aromatic heterocycles. The molecule has 166 valence electrons. The average molecular weight is 426 g/mol. The van der Waals surface area contributed by atoms with Gasteiger partial charge >= 0.3 is 6.03 Å². The molecular formula is C23H31N5O3. The van der Waals surface area contributed by atoms with Crippen LogP contribution in [-0.4, -0.2) is 67.3 Å². The third kappa shape index (κ3) is 5.00. The third-order valence-electron chi connectivity index (χ3n) is 6.16. The fourth-order valence-electron chi connectivity index (χ4n) is 4.32. The lowest BCUT2D eigenvalue weighted by atomic mass is 9.96. The summed E-state index contributed by atoms with van der Waals surface area (Å²) in [4.78, 5) is 25.6. The van der Waals surface area contributed by atoms with Crippen molar-refractivity contribution >= 4 is 11.8 Å². The number of hydrogen-bond donors (Lipinski definition) is 1. The molecule has 4 rings (SSSR count). The summed E-state index contributed by atoms with van der Waals surface area (Å²) in [6.07, 6.45) is 7.51. The highest BCUT2D eigenvalue weighted by Gasteiger charge is 2.24. The zero-order chi connectivity index (χ0) is 21.6. The van der Waals surface area contributed by atoms with Crippen molar-refractivity contribution in [2.75, 3.05) is 45.3 Å². The molecule has 1 saturated carbocycles. The number of piperazine rings is 1. The van der Waals surface area contributed by atoms with Crippen molar-refractivity contribution in [1.29, 1.82) is 0 Å². The van der Waals surface area contributed by atoms with Gasteiger partial charge < -0.3 is 24.6 Å². The summed E-state index contributed by atoms with van der Waals surface area (Å²) in [6.45, 7) is 2.88. The number of carbonyl (C=O) groups is 1. The van der Waals surface area contributed by atoms with Crippen LogP contribution in [0.1, 0.15) is 32.1 Å². The van der Waals surface area contributed by atoms with Crippen molar-refractivity contribution in [3.05, 3.63) is 30.6 Å². The number of methoxy groups -OCH3 is 2. The number of carbonyl (C=O) groups excluding carboxylic acids is 1. The summed E-state index contributed by atoms with van der Waals surface area (Å²) in [5.74, 6) is 2.22. The highest BCUT2D eigenvalue weighted by Crippen LogP contribution is 2.32. The minimum Gasteiger partial charge on any atom is -0.493 e. The maximum atomic E-state index is 12.6. The second kappa shape index (κ2) is 9.85. The van der Waals surface area contributed by atoms with Gasteiger partial charge in [-0.25, -0.2) is 14.8 Å². The minimum atomic E-state index is 0.0697. The number of aromatic nitrogens is 2. The van der Waals surface area contributed by atoms with Crippen LogP contribution in [0.25, 0.3) is 11.3 Å². The summed E-state index contributed by atoms with van der Waals surface area (Å²) in [5.41, 5.74) is 1.76. The average Bonchev–Trinajstić information content (AvgIpc) is 2.84. The molecule has 0 unspecified atom stereocenters. The van der Waals surface area contributed by atoms with Crippen LogP contribution in [0.5, 0.6) is 11.5 Å². The molecule has 2 aromatic rings. The van der Waals surface area contributed by atoms with Crippen molar-refractivity contribution in [3.63, 3.8) is 0 Å². The maximum absolute atomic E-state index is 12.6. The van der Waals surface area contributed by atoms with Crippen molar-refractivity contribution in [2.24, 2.45) is 0 Å². The second-order valence-electron chi connectivity index (χ2n) is 8.09. The van der Waals surface area contributed by atoms with Crippen LogP contribution >= 0.6 is 0 Å². The van der Waals surface area contributed by atoms with Gasteiger partial charge in [-0.1, -0.05) is 19.3 Å². The van der Waals surface area contributed by atoms with E-state index >= 15 is 0 Å². The Hall–Kier alpha value is -3.03. The largest absolute Gasteiger partial charge is 0.493 e. The van der Waals surface area contributed by atoms with Gasteiger partial charge in [-0.2, -0.15) is 0 Å². The standard InChI is InChI=1S/C23H31N5O3/c1-30-20-9-8-17(14-21(20)31-2)19-15-22(25-16-24-19)27-10-12-28(13-11-27)23(29)26-18-6-4-3-5-7-18/h8-9,14-16,18H,3-7,10-13H2,1-2H3,(H,26,29).